The minimum absolute atomic E-state index is 0.750. The van der Waals surface area contributed by atoms with Gasteiger partial charge in [0.25, 0.3) is 0 Å². The molecule has 0 spiro atoms. The number of nitrogens with one attached hydrogen (secondary N) is 1. The number of carbonyl (C=O) groups is 1. The van der Waals surface area contributed by atoms with Crippen molar-refractivity contribution in [3.05, 3.63) is 12.7 Å². The normalized spacial score (nSPS) is 4.50. The third-order valence-corrected chi connectivity index (χ3v) is 0. The second-order valence-corrected chi connectivity index (χ2v) is 0.793. The minimum atomic E-state index is -1.83. The number of hydrogen-bond acceptors (Lipinski definition) is 3. The first-order chi connectivity index (χ1) is 4.56. The Bertz CT molecular complexity index is 111. The van der Waals surface area contributed by atoms with E-state index in [1.807, 2.05) is 6.92 Å². The molecule has 0 bridgehead atoms. The van der Waals surface area contributed by atoms with Crippen molar-refractivity contribution in [3.8, 4) is 0 Å². The first-order valence-corrected chi connectivity index (χ1v) is 2.09. The molecule has 0 saturated carbocycles. The van der Waals surface area contributed by atoms with Crippen LogP contribution >= 0.6 is 0 Å². The Morgan fingerprint density at radius 2 is 1.70 bits per heavy atom. The Labute approximate surface area is 58.1 Å². The zero-order chi connectivity index (χ0) is 8.99. The van der Waals surface area contributed by atoms with Gasteiger partial charge in [-0.2, -0.15) is 0 Å². The molecule has 0 aliphatic heterocycles. The van der Waals surface area contributed by atoms with E-state index in [9.17, 15) is 0 Å². The molecular formula is C5H9NO4. The molecular weight excluding hydrogens is 138 g/mol. The number of hydrogen-bond donors (Lipinski definition) is 3. The Hall–Kier alpha value is -1.61. The van der Waals surface area contributed by atoms with Gasteiger partial charge in [-0.3, -0.25) is 0 Å². The van der Waals surface area contributed by atoms with Crippen LogP contribution in [-0.2, 0) is 4.79 Å². The molecule has 0 aliphatic rings. The Morgan fingerprint density at radius 3 is 1.70 bits per heavy atom. The van der Waals surface area contributed by atoms with Gasteiger partial charge in [0.2, 0.25) is 6.08 Å². The zero-order valence-corrected chi connectivity index (χ0v) is 5.50. The Morgan fingerprint density at radius 1 is 1.70 bits per heavy atom. The number of carboxylic acid groups (broad SMARTS) is 2. The molecule has 5 nitrogen and oxygen atoms in total. The van der Waals surface area contributed by atoms with Crippen molar-refractivity contribution in [1.82, 2.24) is 0 Å². The van der Waals surface area contributed by atoms with E-state index in [2.05, 4.69) is 6.58 Å². The maximum absolute atomic E-state index is 8.56. The average Bonchev–Trinajstić information content (AvgIpc) is 1.65. The highest BCUT2D eigenvalue weighted by atomic mass is 16.6. The summed E-state index contributed by atoms with van der Waals surface area (Å²) in [5.74, 6) is 0. The molecule has 3 N–H and O–H groups in total. The zero-order valence-electron chi connectivity index (χ0n) is 5.50. The number of allylic oxidation sites excluding steroid dienone is 1. The van der Waals surface area contributed by atoms with E-state index in [1.54, 1.807) is 6.08 Å². The first-order valence-electron chi connectivity index (χ1n) is 2.09. The van der Waals surface area contributed by atoms with Crippen LogP contribution in [0.15, 0.2) is 12.7 Å². The van der Waals surface area contributed by atoms with Crippen molar-refractivity contribution in [1.29, 1.82) is 5.41 Å². The van der Waals surface area contributed by atoms with Crippen molar-refractivity contribution < 1.29 is 19.8 Å². The van der Waals surface area contributed by atoms with E-state index in [0.717, 1.165) is 6.08 Å². The van der Waals surface area contributed by atoms with Gasteiger partial charge in [-0.15, -0.1) is 6.58 Å². The van der Waals surface area contributed by atoms with E-state index in [-0.39, 0.29) is 0 Å². The summed E-state index contributed by atoms with van der Waals surface area (Å²) in [6, 6.07) is 0. The largest absolute Gasteiger partial charge is 0.503 e. The lowest BCUT2D eigenvalue weighted by molar-refractivity contribution is 0.137. The van der Waals surface area contributed by atoms with Gasteiger partial charge in [0.15, 0.2) is 0 Å². The summed E-state index contributed by atoms with van der Waals surface area (Å²) < 4.78 is 0. The maximum atomic E-state index is 8.56. The number of carbonyl (C=O) groups excluding carboxylic acids is 1. The summed E-state index contributed by atoms with van der Waals surface area (Å²) in [5.41, 5.74) is 0. The van der Waals surface area contributed by atoms with Crippen molar-refractivity contribution in [2.75, 3.05) is 0 Å². The molecule has 0 radical (unpaired) electrons. The molecule has 0 aromatic carbocycles. The van der Waals surface area contributed by atoms with Crippen molar-refractivity contribution in [3.63, 3.8) is 0 Å². The highest BCUT2D eigenvalue weighted by Gasteiger charge is 1.70. The van der Waals surface area contributed by atoms with E-state index < -0.39 is 6.16 Å². The smallest absolute Gasteiger partial charge is 0.450 e. The van der Waals surface area contributed by atoms with E-state index in [4.69, 9.17) is 25.2 Å². The first kappa shape index (κ1) is 15.8. The molecule has 0 atom stereocenters. The molecule has 0 aromatic heterocycles. The van der Waals surface area contributed by atoms with Crippen LogP contribution in [0.5, 0.6) is 0 Å². The predicted molar refractivity (Wildman–Crippen MR) is 34.9 cm³/mol. The SMILES string of the molecule is C=CC.N=C=O.O=C(O)O. The second-order valence-electron chi connectivity index (χ2n) is 0.793. The monoisotopic (exact) mass is 147 g/mol. The summed E-state index contributed by atoms with van der Waals surface area (Å²) in [4.78, 5) is 16.9. The Kier molecular flexibility index (Phi) is 41.4. The number of rotatable bonds is 0. The van der Waals surface area contributed by atoms with Gasteiger partial charge in [-0.25, -0.2) is 15.0 Å². The molecule has 58 valence electrons. The van der Waals surface area contributed by atoms with Crippen LogP contribution in [0.25, 0.3) is 0 Å². The maximum Gasteiger partial charge on any atom is 0.503 e. The minimum Gasteiger partial charge on any atom is -0.450 e. The molecule has 0 rings (SSSR count). The van der Waals surface area contributed by atoms with Crippen molar-refractivity contribution in [2.45, 2.75) is 6.92 Å². The molecule has 10 heavy (non-hydrogen) atoms. The van der Waals surface area contributed by atoms with E-state index >= 15 is 0 Å². The van der Waals surface area contributed by atoms with Gasteiger partial charge >= 0.3 is 6.16 Å². The van der Waals surface area contributed by atoms with Crippen LogP contribution in [-0.4, -0.2) is 22.4 Å². The van der Waals surface area contributed by atoms with Crippen LogP contribution < -0.4 is 0 Å². The Balaban J connectivity index is -0.0000000750. The lowest BCUT2D eigenvalue weighted by Gasteiger charge is -1.60. The van der Waals surface area contributed by atoms with Crippen LogP contribution in [0.4, 0.5) is 4.79 Å². The molecule has 0 aromatic rings. The van der Waals surface area contributed by atoms with Crippen LogP contribution in [0.1, 0.15) is 6.92 Å². The fourth-order valence-corrected chi connectivity index (χ4v) is 0. The highest BCUT2D eigenvalue weighted by molar-refractivity contribution is 5.53. The van der Waals surface area contributed by atoms with Crippen LogP contribution in [0.3, 0.4) is 0 Å². The van der Waals surface area contributed by atoms with E-state index in [0.29, 0.717) is 0 Å². The summed E-state index contributed by atoms with van der Waals surface area (Å²) in [6.07, 6.45) is 0.667. The molecule has 0 aliphatic carbocycles. The van der Waals surface area contributed by atoms with Crippen LogP contribution in [0, 0.1) is 5.41 Å². The molecule has 0 amide bonds. The third-order valence-electron chi connectivity index (χ3n) is 0. The molecule has 0 unspecified atom stereocenters. The topological polar surface area (TPSA) is 98.5 Å². The van der Waals surface area contributed by atoms with Gasteiger partial charge < -0.3 is 10.2 Å². The summed E-state index contributed by atoms with van der Waals surface area (Å²) in [7, 11) is 0. The molecule has 5 heteroatoms. The predicted octanol–water partition coefficient (Wildman–Crippen LogP) is 1.32. The second kappa shape index (κ2) is 26.3. The lowest BCUT2D eigenvalue weighted by Crippen LogP contribution is -1.81. The van der Waals surface area contributed by atoms with Crippen molar-refractivity contribution in [2.24, 2.45) is 0 Å². The third kappa shape index (κ3) is 71.6. The van der Waals surface area contributed by atoms with Gasteiger partial charge in [-0.05, 0) is 6.92 Å². The lowest BCUT2D eigenvalue weighted by atomic mass is 10.8. The molecule has 0 heterocycles. The fourth-order valence-electron chi connectivity index (χ4n) is 0. The fraction of sp³-hybridized carbons (Fsp3) is 0.200. The van der Waals surface area contributed by atoms with Crippen molar-refractivity contribution >= 4 is 12.2 Å². The average molecular weight is 147 g/mol. The molecule has 0 fully saturated rings. The summed E-state index contributed by atoms with van der Waals surface area (Å²) in [5, 5.41) is 19.3. The highest BCUT2D eigenvalue weighted by Crippen LogP contribution is 1.42. The van der Waals surface area contributed by atoms with Gasteiger partial charge in [0.1, 0.15) is 0 Å². The van der Waals surface area contributed by atoms with Gasteiger partial charge in [0.05, 0.1) is 0 Å². The summed E-state index contributed by atoms with van der Waals surface area (Å²) in [6.45, 7) is 5.25. The number of isocyanates is 1. The summed E-state index contributed by atoms with van der Waals surface area (Å²) >= 11 is 0. The van der Waals surface area contributed by atoms with E-state index in [1.165, 1.54) is 0 Å². The standard InChI is InChI=1S/C3H6.CHNO.CH2O3/c1-3-2;2-1-3;2-1(3)4/h3H,1H2,2H3;2H;(H2,2,3,4). The quantitative estimate of drug-likeness (QED) is 0.273. The molecule has 0 saturated heterocycles. The van der Waals surface area contributed by atoms with Crippen LogP contribution in [0.2, 0.25) is 0 Å². The van der Waals surface area contributed by atoms with Gasteiger partial charge in [0, 0.05) is 0 Å². The van der Waals surface area contributed by atoms with Gasteiger partial charge in [-0.1, -0.05) is 6.08 Å².